The van der Waals surface area contributed by atoms with Crippen molar-refractivity contribution in [3.63, 3.8) is 0 Å². The van der Waals surface area contributed by atoms with Gasteiger partial charge in [0.1, 0.15) is 6.10 Å². The molecule has 18 heavy (non-hydrogen) atoms. The van der Waals surface area contributed by atoms with Crippen molar-refractivity contribution in [3.8, 4) is 5.88 Å². The second-order valence-corrected chi connectivity index (χ2v) is 4.83. The Morgan fingerprint density at radius 2 is 2.33 bits per heavy atom. The third kappa shape index (κ3) is 3.04. The Labute approximate surface area is 109 Å². The Bertz CT molecular complexity index is 502. The minimum Gasteiger partial charge on any atom is -0.481 e. The van der Waals surface area contributed by atoms with E-state index in [4.69, 9.17) is 9.84 Å². The molecule has 1 saturated carbocycles. The van der Waals surface area contributed by atoms with Crippen molar-refractivity contribution in [1.29, 1.82) is 0 Å². The van der Waals surface area contributed by atoms with Gasteiger partial charge in [0.2, 0.25) is 0 Å². The molecule has 1 aliphatic carbocycles. The first-order valence-electron chi connectivity index (χ1n) is 5.74. The largest absolute Gasteiger partial charge is 0.481 e. The number of H-pyrrole nitrogens is 1. The van der Waals surface area contributed by atoms with Gasteiger partial charge < -0.3 is 14.8 Å². The highest BCUT2D eigenvalue weighted by molar-refractivity contribution is 7.80. The maximum Gasteiger partial charge on any atom is 0.311 e. The molecule has 0 spiro atoms. The van der Waals surface area contributed by atoms with E-state index in [-0.39, 0.29) is 12.0 Å². The third-order valence-corrected chi connectivity index (χ3v) is 3.22. The number of nitrogens with zero attached hydrogens (tertiary/aromatic N) is 1. The summed E-state index contributed by atoms with van der Waals surface area (Å²) in [6.07, 6.45) is 3.72. The van der Waals surface area contributed by atoms with Crippen LogP contribution in [0.3, 0.4) is 0 Å². The summed E-state index contributed by atoms with van der Waals surface area (Å²) < 4.78 is 5.47. The first-order valence-corrected chi connectivity index (χ1v) is 6.18. The highest BCUT2D eigenvalue weighted by Gasteiger charge is 2.28. The maximum absolute atomic E-state index is 11.5. The zero-order chi connectivity index (χ0) is 13.1. The number of thiol groups is 1. The van der Waals surface area contributed by atoms with Crippen LogP contribution in [-0.4, -0.2) is 27.1 Å². The van der Waals surface area contributed by atoms with E-state index < -0.39 is 17.4 Å². The molecule has 0 radical (unpaired) electrons. The second-order valence-electron chi connectivity index (χ2n) is 4.34. The van der Waals surface area contributed by atoms with Gasteiger partial charge in [0.25, 0.3) is 5.88 Å². The van der Waals surface area contributed by atoms with Crippen LogP contribution >= 0.6 is 12.6 Å². The van der Waals surface area contributed by atoms with E-state index >= 15 is 0 Å². The summed E-state index contributed by atoms with van der Waals surface area (Å²) in [5.41, 5.74) is -0.444. The van der Waals surface area contributed by atoms with Crippen molar-refractivity contribution in [1.82, 2.24) is 9.97 Å². The van der Waals surface area contributed by atoms with Gasteiger partial charge in [-0.25, -0.2) is 4.98 Å². The molecule has 1 fully saturated rings. The Morgan fingerprint density at radius 1 is 1.56 bits per heavy atom. The van der Waals surface area contributed by atoms with Gasteiger partial charge in [-0.2, -0.15) is 0 Å². The summed E-state index contributed by atoms with van der Waals surface area (Å²) in [7, 11) is 0. The summed E-state index contributed by atoms with van der Waals surface area (Å²) in [5.74, 6) is -1.23. The van der Waals surface area contributed by atoms with E-state index in [0.717, 1.165) is 12.8 Å². The number of aliphatic carboxylic acids is 1. The van der Waals surface area contributed by atoms with Crippen LogP contribution in [0.1, 0.15) is 25.7 Å². The maximum atomic E-state index is 11.5. The van der Waals surface area contributed by atoms with Crippen molar-refractivity contribution in [2.45, 2.75) is 36.8 Å². The van der Waals surface area contributed by atoms with Gasteiger partial charge >= 0.3 is 11.5 Å². The summed E-state index contributed by atoms with van der Waals surface area (Å²) in [5, 5.41) is 9.32. The molecule has 2 N–H and O–H groups in total. The van der Waals surface area contributed by atoms with Gasteiger partial charge in [-0.1, -0.05) is 0 Å². The van der Waals surface area contributed by atoms with E-state index in [1.807, 2.05) is 0 Å². The molecular weight excluding hydrogens is 256 g/mol. The third-order valence-electron chi connectivity index (χ3n) is 2.99. The lowest BCUT2D eigenvalue weighted by Gasteiger charge is -2.26. The van der Waals surface area contributed by atoms with Crippen molar-refractivity contribution < 1.29 is 14.6 Å². The van der Waals surface area contributed by atoms with Crippen LogP contribution in [0.4, 0.5) is 0 Å². The van der Waals surface area contributed by atoms with Crippen molar-refractivity contribution in [3.05, 3.63) is 16.6 Å². The van der Waals surface area contributed by atoms with Crippen LogP contribution in [0.5, 0.6) is 5.88 Å². The zero-order valence-corrected chi connectivity index (χ0v) is 10.5. The van der Waals surface area contributed by atoms with Gasteiger partial charge in [0.15, 0.2) is 0 Å². The van der Waals surface area contributed by atoms with E-state index in [1.54, 1.807) is 0 Å². The van der Waals surface area contributed by atoms with Gasteiger partial charge in [-0.3, -0.25) is 9.59 Å². The fraction of sp³-hybridized carbons (Fsp3) is 0.545. The molecule has 0 bridgehead atoms. The molecule has 0 saturated heterocycles. The number of carbonyl (C=O) groups is 1. The van der Waals surface area contributed by atoms with Crippen LogP contribution in [0, 0.1) is 5.92 Å². The molecule has 1 aromatic rings. The Hall–Kier alpha value is -1.50. The minimum absolute atomic E-state index is 0.0242. The second kappa shape index (κ2) is 5.43. The lowest BCUT2D eigenvalue weighted by Crippen LogP contribution is -2.31. The first kappa shape index (κ1) is 12.9. The zero-order valence-electron chi connectivity index (χ0n) is 9.63. The van der Waals surface area contributed by atoms with Gasteiger partial charge in [0, 0.05) is 0 Å². The van der Waals surface area contributed by atoms with Gasteiger partial charge in [-0.05, 0) is 25.7 Å². The molecule has 6 nitrogen and oxygen atoms in total. The highest BCUT2D eigenvalue weighted by atomic mass is 32.1. The number of aromatic amines is 1. The SMILES string of the molecule is O=C(O)[C@H]1CCC[C@H](Oc2ncc(S)[nH]c2=O)C1. The van der Waals surface area contributed by atoms with Crippen LogP contribution in [0.15, 0.2) is 16.0 Å². The van der Waals surface area contributed by atoms with Crippen molar-refractivity contribution in [2.75, 3.05) is 0 Å². The van der Waals surface area contributed by atoms with E-state index in [9.17, 15) is 9.59 Å². The Balaban J connectivity index is 2.05. The fourth-order valence-corrected chi connectivity index (χ4v) is 2.26. The van der Waals surface area contributed by atoms with E-state index in [1.165, 1.54) is 6.20 Å². The standard InChI is InChI=1S/C11H14N2O4S/c14-9-10(12-5-8(18)13-9)17-7-3-1-2-6(4-7)11(15)16/h5-7H,1-4H2,(H,15,16)(H2,13,14,18)/t6-,7-/m0/s1. The lowest BCUT2D eigenvalue weighted by molar-refractivity contribution is -0.143. The molecule has 1 heterocycles. The van der Waals surface area contributed by atoms with Crippen LogP contribution in [0.25, 0.3) is 0 Å². The number of carboxylic acid groups (broad SMARTS) is 1. The quantitative estimate of drug-likeness (QED) is 0.715. The number of hydrogen-bond acceptors (Lipinski definition) is 5. The summed E-state index contributed by atoms with van der Waals surface area (Å²) in [6, 6.07) is 0. The van der Waals surface area contributed by atoms with Crippen molar-refractivity contribution in [2.24, 2.45) is 5.92 Å². The molecule has 0 amide bonds. The predicted molar refractivity (Wildman–Crippen MR) is 66.1 cm³/mol. The molecule has 1 aromatic heterocycles. The number of aromatic nitrogens is 2. The summed E-state index contributed by atoms with van der Waals surface area (Å²) in [4.78, 5) is 28.8. The van der Waals surface area contributed by atoms with Crippen LogP contribution in [0.2, 0.25) is 0 Å². The normalized spacial score (nSPS) is 23.6. The summed E-state index contributed by atoms with van der Waals surface area (Å²) >= 11 is 3.96. The van der Waals surface area contributed by atoms with Crippen LogP contribution in [-0.2, 0) is 4.79 Å². The number of rotatable bonds is 3. The molecule has 2 atom stereocenters. The number of hydrogen-bond donors (Lipinski definition) is 3. The highest BCUT2D eigenvalue weighted by Crippen LogP contribution is 2.26. The molecular formula is C11H14N2O4S. The van der Waals surface area contributed by atoms with Crippen LogP contribution < -0.4 is 10.3 Å². The Morgan fingerprint density at radius 3 is 3.00 bits per heavy atom. The first-order chi connectivity index (χ1) is 8.56. The smallest absolute Gasteiger partial charge is 0.311 e. The van der Waals surface area contributed by atoms with Gasteiger partial charge in [0.05, 0.1) is 17.1 Å². The average molecular weight is 270 g/mol. The monoisotopic (exact) mass is 270 g/mol. The lowest BCUT2D eigenvalue weighted by atomic mass is 9.87. The molecule has 7 heteroatoms. The topological polar surface area (TPSA) is 92.3 Å². The minimum atomic E-state index is -0.809. The molecule has 0 aliphatic heterocycles. The van der Waals surface area contributed by atoms with E-state index in [2.05, 4.69) is 22.6 Å². The molecule has 0 unspecified atom stereocenters. The number of nitrogens with one attached hydrogen (secondary N) is 1. The van der Waals surface area contributed by atoms with Crippen molar-refractivity contribution >= 4 is 18.6 Å². The summed E-state index contributed by atoms with van der Waals surface area (Å²) in [6.45, 7) is 0. The predicted octanol–water partition coefficient (Wildman–Crippen LogP) is 1.08. The van der Waals surface area contributed by atoms with E-state index in [0.29, 0.717) is 17.9 Å². The molecule has 98 valence electrons. The van der Waals surface area contributed by atoms with Gasteiger partial charge in [-0.15, -0.1) is 12.6 Å². The molecule has 0 aromatic carbocycles. The average Bonchev–Trinajstić information content (AvgIpc) is 2.33. The Kier molecular flexibility index (Phi) is 3.90. The molecule has 1 aliphatic rings. The molecule has 2 rings (SSSR count). The number of carboxylic acids is 1. The number of ether oxygens (including phenoxy) is 1. The fourth-order valence-electron chi connectivity index (χ4n) is 2.10.